The van der Waals surface area contributed by atoms with Gasteiger partial charge in [-0.1, -0.05) is 25.5 Å². The maximum Gasteiger partial charge on any atom is 0.335 e. The number of carbonyl (C=O) groups is 1. The first-order valence-corrected chi connectivity index (χ1v) is 6.37. The number of nitrogens with zero attached hydrogens (tertiary/aromatic N) is 1. The number of aryl methyl sites for hydroxylation is 1. The molecule has 1 aromatic heterocycles. The monoisotopic (exact) mass is 247 g/mol. The Hall–Kier alpha value is -1.68. The molecule has 3 nitrogen and oxygen atoms in total. The van der Waals surface area contributed by atoms with Crippen LogP contribution in [0, 0.1) is 0 Å². The number of hydrogen-bond donors (Lipinski definition) is 1. The highest BCUT2D eigenvalue weighted by atomic mass is 32.1. The molecule has 0 atom stereocenters. The van der Waals surface area contributed by atoms with Crippen LogP contribution in [-0.2, 0) is 6.42 Å². The van der Waals surface area contributed by atoms with Crippen molar-refractivity contribution in [3.8, 4) is 10.6 Å². The fraction of sp³-hybridized carbons (Fsp3) is 0.231. The molecule has 0 aliphatic carbocycles. The third-order valence-electron chi connectivity index (χ3n) is 2.41. The minimum absolute atomic E-state index is 0.301. The van der Waals surface area contributed by atoms with Gasteiger partial charge >= 0.3 is 5.97 Å². The van der Waals surface area contributed by atoms with E-state index in [9.17, 15) is 4.79 Å². The Balaban J connectivity index is 2.32. The topological polar surface area (TPSA) is 50.2 Å². The SMILES string of the molecule is CCCc1csc(-c2cccc(C(=O)O)c2)n1. The molecular formula is C13H13NO2S. The molecule has 1 heterocycles. The van der Waals surface area contributed by atoms with Crippen molar-refractivity contribution in [2.45, 2.75) is 19.8 Å². The number of hydrogen-bond acceptors (Lipinski definition) is 3. The fourth-order valence-electron chi connectivity index (χ4n) is 1.60. The Morgan fingerprint density at radius 1 is 1.47 bits per heavy atom. The van der Waals surface area contributed by atoms with Crippen LogP contribution in [0.4, 0.5) is 0 Å². The average Bonchev–Trinajstić information content (AvgIpc) is 2.78. The van der Waals surface area contributed by atoms with Crippen LogP contribution in [0.1, 0.15) is 29.4 Å². The third kappa shape index (κ3) is 2.71. The van der Waals surface area contributed by atoms with Gasteiger partial charge in [0.1, 0.15) is 5.01 Å². The number of aromatic carboxylic acids is 1. The van der Waals surface area contributed by atoms with Crippen molar-refractivity contribution in [2.24, 2.45) is 0 Å². The van der Waals surface area contributed by atoms with E-state index in [0.29, 0.717) is 5.56 Å². The molecule has 0 bridgehead atoms. The van der Waals surface area contributed by atoms with Crippen LogP contribution < -0.4 is 0 Å². The highest BCUT2D eigenvalue weighted by Gasteiger charge is 2.07. The predicted octanol–water partition coefficient (Wildman–Crippen LogP) is 3.46. The predicted molar refractivity (Wildman–Crippen MR) is 68.5 cm³/mol. The van der Waals surface area contributed by atoms with Crippen LogP contribution in [-0.4, -0.2) is 16.1 Å². The van der Waals surface area contributed by atoms with E-state index in [2.05, 4.69) is 11.9 Å². The van der Waals surface area contributed by atoms with Crippen molar-refractivity contribution in [3.63, 3.8) is 0 Å². The van der Waals surface area contributed by atoms with Crippen LogP contribution in [0.3, 0.4) is 0 Å². The fourth-order valence-corrected chi connectivity index (χ4v) is 2.45. The lowest BCUT2D eigenvalue weighted by atomic mass is 10.1. The van der Waals surface area contributed by atoms with Crippen molar-refractivity contribution >= 4 is 17.3 Å². The molecule has 0 aliphatic heterocycles. The molecule has 0 amide bonds. The molecule has 0 unspecified atom stereocenters. The number of carboxylic acids is 1. The van der Waals surface area contributed by atoms with Gasteiger partial charge in [-0.25, -0.2) is 9.78 Å². The molecule has 0 radical (unpaired) electrons. The van der Waals surface area contributed by atoms with Gasteiger partial charge in [0.2, 0.25) is 0 Å². The minimum atomic E-state index is -0.905. The lowest BCUT2D eigenvalue weighted by molar-refractivity contribution is 0.0697. The minimum Gasteiger partial charge on any atom is -0.478 e. The largest absolute Gasteiger partial charge is 0.478 e. The summed E-state index contributed by atoms with van der Waals surface area (Å²) in [5, 5.41) is 11.8. The lowest BCUT2D eigenvalue weighted by Gasteiger charge is -1.98. The molecule has 2 rings (SSSR count). The second-order valence-electron chi connectivity index (χ2n) is 3.78. The van der Waals surface area contributed by atoms with E-state index in [1.54, 1.807) is 29.5 Å². The van der Waals surface area contributed by atoms with E-state index in [-0.39, 0.29) is 0 Å². The summed E-state index contributed by atoms with van der Waals surface area (Å²) in [5.41, 5.74) is 2.25. The number of aromatic nitrogens is 1. The van der Waals surface area contributed by atoms with Gasteiger partial charge in [-0.15, -0.1) is 11.3 Å². The quantitative estimate of drug-likeness (QED) is 0.900. The number of benzene rings is 1. The van der Waals surface area contributed by atoms with Gasteiger partial charge in [0, 0.05) is 10.9 Å². The van der Waals surface area contributed by atoms with Crippen molar-refractivity contribution < 1.29 is 9.90 Å². The second kappa shape index (κ2) is 5.10. The summed E-state index contributed by atoms with van der Waals surface area (Å²) in [5.74, 6) is -0.905. The van der Waals surface area contributed by atoms with Crippen LogP contribution in [0.25, 0.3) is 10.6 Å². The van der Waals surface area contributed by atoms with Gasteiger partial charge in [-0.2, -0.15) is 0 Å². The summed E-state index contributed by atoms with van der Waals surface area (Å²) in [7, 11) is 0. The molecule has 4 heteroatoms. The summed E-state index contributed by atoms with van der Waals surface area (Å²) >= 11 is 1.56. The van der Waals surface area contributed by atoms with Gasteiger partial charge in [-0.3, -0.25) is 0 Å². The summed E-state index contributed by atoms with van der Waals surface area (Å²) in [4.78, 5) is 15.4. The molecule has 2 aromatic rings. The maximum absolute atomic E-state index is 10.9. The van der Waals surface area contributed by atoms with Gasteiger partial charge in [-0.05, 0) is 18.6 Å². The van der Waals surface area contributed by atoms with E-state index in [1.807, 2.05) is 11.4 Å². The Morgan fingerprint density at radius 2 is 2.29 bits per heavy atom. The summed E-state index contributed by atoms with van der Waals surface area (Å²) < 4.78 is 0. The molecule has 0 spiro atoms. The molecule has 0 fully saturated rings. The second-order valence-corrected chi connectivity index (χ2v) is 4.64. The van der Waals surface area contributed by atoms with Crippen molar-refractivity contribution in [3.05, 3.63) is 40.9 Å². The molecule has 0 saturated carbocycles. The Kier molecular flexibility index (Phi) is 3.54. The molecule has 17 heavy (non-hydrogen) atoms. The zero-order chi connectivity index (χ0) is 12.3. The zero-order valence-electron chi connectivity index (χ0n) is 9.51. The van der Waals surface area contributed by atoms with Crippen LogP contribution >= 0.6 is 11.3 Å². The molecule has 1 aromatic carbocycles. The average molecular weight is 247 g/mol. The number of carboxylic acid groups (broad SMARTS) is 1. The molecule has 88 valence electrons. The Labute approximate surface area is 104 Å². The lowest BCUT2D eigenvalue weighted by Crippen LogP contribution is -1.95. The van der Waals surface area contributed by atoms with Crippen LogP contribution in [0.5, 0.6) is 0 Å². The van der Waals surface area contributed by atoms with Gasteiger partial charge < -0.3 is 5.11 Å². The standard InChI is InChI=1S/C13H13NO2S/c1-2-4-11-8-17-12(14-11)9-5-3-6-10(7-9)13(15)16/h3,5-8H,2,4H2,1H3,(H,15,16). The van der Waals surface area contributed by atoms with E-state index < -0.39 is 5.97 Å². The van der Waals surface area contributed by atoms with Gasteiger partial charge in [0.05, 0.1) is 11.3 Å². The highest BCUT2D eigenvalue weighted by molar-refractivity contribution is 7.13. The van der Waals surface area contributed by atoms with Crippen LogP contribution in [0.2, 0.25) is 0 Å². The van der Waals surface area contributed by atoms with Crippen molar-refractivity contribution in [2.75, 3.05) is 0 Å². The summed E-state index contributed by atoms with van der Waals surface area (Å²) in [6.45, 7) is 2.12. The smallest absolute Gasteiger partial charge is 0.335 e. The number of rotatable bonds is 4. The molecule has 0 saturated heterocycles. The molecular weight excluding hydrogens is 234 g/mol. The van der Waals surface area contributed by atoms with E-state index in [1.165, 1.54) is 0 Å². The first-order chi connectivity index (χ1) is 8.20. The summed E-state index contributed by atoms with van der Waals surface area (Å²) in [6, 6.07) is 6.89. The van der Waals surface area contributed by atoms with Crippen molar-refractivity contribution in [1.29, 1.82) is 0 Å². The molecule has 1 N–H and O–H groups in total. The van der Waals surface area contributed by atoms with Gasteiger partial charge in [0.25, 0.3) is 0 Å². The van der Waals surface area contributed by atoms with Crippen LogP contribution in [0.15, 0.2) is 29.6 Å². The third-order valence-corrected chi connectivity index (χ3v) is 3.35. The first kappa shape index (κ1) is 11.8. The van der Waals surface area contributed by atoms with E-state index in [4.69, 9.17) is 5.11 Å². The van der Waals surface area contributed by atoms with Gasteiger partial charge in [0.15, 0.2) is 0 Å². The van der Waals surface area contributed by atoms with E-state index >= 15 is 0 Å². The highest BCUT2D eigenvalue weighted by Crippen LogP contribution is 2.25. The zero-order valence-corrected chi connectivity index (χ0v) is 10.3. The molecule has 0 aliphatic rings. The Bertz CT molecular complexity index is 534. The van der Waals surface area contributed by atoms with E-state index in [0.717, 1.165) is 29.1 Å². The first-order valence-electron chi connectivity index (χ1n) is 5.49. The Morgan fingerprint density at radius 3 is 3.00 bits per heavy atom. The summed E-state index contributed by atoms with van der Waals surface area (Å²) in [6.07, 6.45) is 2.04. The van der Waals surface area contributed by atoms with Crippen molar-refractivity contribution in [1.82, 2.24) is 4.98 Å². The normalized spacial score (nSPS) is 10.4. The maximum atomic E-state index is 10.9. The number of thiazole rings is 1.